The molecule has 1 aliphatic rings. The third-order valence-electron chi connectivity index (χ3n) is 4.68. The molecule has 0 aliphatic carbocycles. The summed E-state index contributed by atoms with van der Waals surface area (Å²) in [6, 6.07) is 7.04. The van der Waals surface area contributed by atoms with Crippen LogP contribution in [-0.2, 0) is 9.47 Å². The van der Waals surface area contributed by atoms with Crippen molar-refractivity contribution >= 4 is 0 Å². The SMILES string of the molecule is CCOc1ccc(-c2ccc(C3CCC(OCC)OC3)c(F)c2F)c(F)c1. The highest BCUT2D eigenvalue weighted by atomic mass is 19.2. The Balaban J connectivity index is 1.84. The fourth-order valence-electron chi connectivity index (χ4n) is 3.35. The lowest BCUT2D eigenvalue weighted by Crippen LogP contribution is -2.27. The molecule has 2 atom stereocenters. The molecule has 2 aromatic carbocycles. The van der Waals surface area contributed by atoms with Crippen LogP contribution in [0.1, 0.15) is 38.2 Å². The van der Waals surface area contributed by atoms with E-state index in [9.17, 15) is 13.2 Å². The fourth-order valence-corrected chi connectivity index (χ4v) is 3.35. The Morgan fingerprint density at radius 3 is 2.37 bits per heavy atom. The summed E-state index contributed by atoms with van der Waals surface area (Å²) in [5.74, 6) is -2.57. The first-order valence-electron chi connectivity index (χ1n) is 9.18. The summed E-state index contributed by atoms with van der Waals surface area (Å²) in [6.07, 6.45) is 0.962. The van der Waals surface area contributed by atoms with E-state index in [-0.39, 0.29) is 35.5 Å². The lowest BCUT2D eigenvalue weighted by atomic mass is 9.90. The zero-order chi connectivity index (χ0) is 19.4. The van der Waals surface area contributed by atoms with Gasteiger partial charge in [-0.1, -0.05) is 12.1 Å². The Morgan fingerprint density at radius 1 is 0.963 bits per heavy atom. The molecular formula is C21H23F3O3. The van der Waals surface area contributed by atoms with Crippen molar-refractivity contribution in [2.45, 2.75) is 38.9 Å². The molecule has 2 unspecified atom stereocenters. The van der Waals surface area contributed by atoms with Gasteiger partial charge in [-0.3, -0.25) is 0 Å². The third-order valence-corrected chi connectivity index (χ3v) is 4.68. The third kappa shape index (κ3) is 4.28. The highest BCUT2D eigenvalue weighted by Gasteiger charge is 2.27. The highest BCUT2D eigenvalue weighted by molar-refractivity contribution is 5.66. The monoisotopic (exact) mass is 380 g/mol. The minimum atomic E-state index is -1.05. The molecule has 27 heavy (non-hydrogen) atoms. The first-order valence-corrected chi connectivity index (χ1v) is 9.18. The first kappa shape index (κ1) is 19.7. The minimum absolute atomic E-state index is 0.00212. The molecule has 0 N–H and O–H groups in total. The second-order valence-electron chi connectivity index (χ2n) is 6.40. The number of rotatable bonds is 6. The van der Waals surface area contributed by atoms with Gasteiger partial charge in [0, 0.05) is 29.7 Å². The highest BCUT2D eigenvalue weighted by Crippen LogP contribution is 2.35. The Morgan fingerprint density at radius 2 is 1.74 bits per heavy atom. The zero-order valence-corrected chi connectivity index (χ0v) is 15.4. The molecule has 1 aliphatic heterocycles. The molecule has 0 amide bonds. The molecular weight excluding hydrogens is 357 g/mol. The second-order valence-corrected chi connectivity index (χ2v) is 6.40. The molecule has 0 saturated carbocycles. The summed E-state index contributed by atoms with van der Waals surface area (Å²) in [7, 11) is 0. The van der Waals surface area contributed by atoms with Crippen molar-refractivity contribution < 1.29 is 27.4 Å². The molecule has 0 aromatic heterocycles. The molecule has 0 bridgehead atoms. The lowest BCUT2D eigenvalue weighted by molar-refractivity contribution is -0.164. The Hall–Kier alpha value is -2.05. The average molecular weight is 380 g/mol. The molecule has 3 nitrogen and oxygen atoms in total. The molecule has 1 heterocycles. The molecule has 1 saturated heterocycles. The van der Waals surface area contributed by atoms with Crippen molar-refractivity contribution in [3.63, 3.8) is 0 Å². The van der Waals surface area contributed by atoms with Gasteiger partial charge >= 0.3 is 0 Å². The van der Waals surface area contributed by atoms with E-state index < -0.39 is 17.5 Å². The number of benzene rings is 2. The van der Waals surface area contributed by atoms with Gasteiger partial charge in [-0.25, -0.2) is 13.2 Å². The van der Waals surface area contributed by atoms with Crippen molar-refractivity contribution in [3.8, 4) is 16.9 Å². The topological polar surface area (TPSA) is 27.7 Å². The quantitative estimate of drug-likeness (QED) is 0.669. The Labute approximate surface area is 157 Å². The first-order chi connectivity index (χ1) is 13.0. The molecule has 0 spiro atoms. The summed E-state index contributed by atoms with van der Waals surface area (Å²) < 4.78 is 59.9. The predicted molar refractivity (Wildman–Crippen MR) is 96.3 cm³/mol. The van der Waals surface area contributed by atoms with Gasteiger partial charge < -0.3 is 14.2 Å². The van der Waals surface area contributed by atoms with Crippen LogP contribution in [0.25, 0.3) is 11.1 Å². The van der Waals surface area contributed by atoms with Crippen LogP contribution in [0.15, 0.2) is 30.3 Å². The van der Waals surface area contributed by atoms with E-state index >= 15 is 0 Å². The van der Waals surface area contributed by atoms with Crippen LogP contribution in [-0.4, -0.2) is 26.1 Å². The number of ether oxygens (including phenoxy) is 3. The van der Waals surface area contributed by atoms with Gasteiger partial charge in [0.1, 0.15) is 11.6 Å². The summed E-state index contributed by atoms with van der Waals surface area (Å²) in [5, 5.41) is 0. The molecule has 3 rings (SSSR count). The fraction of sp³-hybridized carbons (Fsp3) is 0.429. The van der Waals surface area contributed by atoms with Crippen LogP contribution in [0.3, 0.4) is 0 Å². The standard InChI is InChI=1S/C21H23F3O3/c1-3-25-14-6-7-16(18(22)11-14)17-9-8-15(20(23)21(17)24)13-5-10-19(26-4-2)27-12-13/h6-9,11,13,19H,3-5,10,12H2,1-2H3. The maximum atomic E-state index is 14.7. The van der Waals surface area contributed by atoms with Crippen LogP contribution in [0, 0.1) is 17.5 Å². The molecule has 1 fully saturated rings. The van der Waals surface area contributed by atoms with Crippen LogP contribution < -0.4 is 4.74 Å². The Kier molecular flexibility index (Phi) is 6.39. The minimum Gasteiger partial charge on any atom is -0.494 e. The Bertz CT molecular complexity index is 786. The summed E-state index contributed by atoms with van der Waals surface area (Å²) in [4.78, 5) is 0. The summed E-state index contributed by atoms with van der Waals surface area (Å²) in [5.41, 5.74) is 0.135. The van der Waals surface area contributed by atoms with Crippen molar-refractivity contribution in [1.29, 1.82) is 0 Å². The van der Waals surface area contributed by atoms with Gasteiger partial charge in [-0.05, 0) is 44.4 Å². The molecule has 2 aromatic rings. The van der Waals surface area contributed by atoms with Crippen LogP contribution >= 0.6 is 0 Å². The molecule has 6 heteroatoms. The largest absolute Gasteiger partial charge is 0.494 e. The van der Waals surface area contributed by atoms with E-state index in [1.165, 1.54) is 30.3 Å². The van der Waals surface area contributed by atoms with E-state index in [1.807, 2.05) is 6.92 Å². The van der Waals surface area contributed by atoms with Crippen LogP contribution in [0.5, 0.6) is 5.75 Å². The average Bonchev–Trinajstić information content (AvgIpc) is 2.66. The van der Waals surface area contributed by atoms with E-state index in [4.69, 9.17) is 14.2 Å². The van der Waals surface area contributed by atoms with Crippen molar-refractivity contribution in [1.82, 2.24) is 0 Å². The zero-order valence-electron chi connectivity index (χ0n) is 15.4. The number of hydrogen-bond acceptors (Lipinski definition) is 3. The van der Waals surface area contributed by atoms with E-state index in [0.29, 0.717) is 31.8 Å². The van der Waals surface area contributed by atoms with Crippen molar-refractivity contribution in [2.24, 2.45) is 0 Å². The van der Waals surface area contributed by atoms with E-state index in [2.05, 4.69) is 0 Å². The predicted octanol–water partition coefficient (Wildman–Crippen LogP) is 5.43. The molecule has 0 radical (unpaired) electrons. The van der Waals surface area contributed by atoms with Crippen LogP contribution in [0.4, 0.5) is 13.2 Å². The maximum absolute atomic E-state index is 14.7. The van der Waals surface area contributed by atoms with E-state index in [1.54, 1.807) is 6.92 Å². The smallest absolute Gasteiger partial charge is 0.167 e. The van der Waals surface area contributed by atoms with Crippen molar-refractivity contribution in [2.75, 3.05) is 19.8 Å². The summed E-state index contributed by atoms with van der Waals surface area (Å²) in [6.45, 7) is 4.86. The molecule has 146 valence electrons. The normalized spacial score (nSPS) is 19.9. The lowest BCUT2D eigenvalue weighted by Gasteiger charge is -2.29. The van der Waals surface area contributed by atoms with Crippen molar-refractivity contribution in [3.05, 3.63) is 53.3 Å². The maximum Gasteiger partial charge on any atom is 0.167 e. The van der Waals surface area contributed by atoms with Gasteiger partial charge in [0.2, 0.25) is 0 Å². The number of hydrogen-bond donors (Lipinski definition) is 0. The van der Waals surface area contributed by atoms with Gasteiger partial charge in [0.15, 0.2) is 17.9 Å². The van der Waals surface area contributed by atoms with Gasteiger partial charge in [-0.2, -0.15) is 0 Å². The summed E-state index contributed by atoms with van der Waals surface area (Å²) >= 11 is 0. The second kappa shape index (κ2) is 8.76. The van der Waals surface area contributed by atoms with Gasteiger partial charge in [0.25, 0.3) is 0 Å². The van der Waals surface area contributed by atoms with Gasteiger partial charge in [0.05, 0.1) is 13.2 Å². The number of halogens is 3. The van der Waals surface area contributed by atoms with Crippen LogP contribution in [0.2, 0.25) is 0 Å². The van der Waals surface area contributed by atoms with Gasteiger partial charge in [-0.15, -0.1) is 0 Å². The van der Waals surface area contributed by atoms with E-state index in [0.717, 1.165) is 0 Å².